The molecule has 0 amide bonds. The highest BCUT2D eigenvalue weighted by molar-refractivity contribution is 7.91. The van der Waals surface area contributed by atoms with Gasteiger partial charge in [-0.05, 0) is 47.6 Å². The molecule has 0 aromatic heterocycles. The van der Waals surface area contributed by atoms with Gasteiger partial charge in [0.05, 0.1) is 5.75 Å². The molecule has 0 aliphatic carbocycles. The van der Waals surface area contributed by atoms with Crippen molar-refractivity contribution in [2.24, 2.45) is 10.7 Å². The van der Waals surface area contributed by atoms with Crippen molar-refractivity contribution in [2.75, 3.05) is 0 Å². The number of aliphatic imine (C=N–C) groups is 1. The molecule has 2 aromatic rings. The van der Waals surface area contributed by atoms with Crippen molar-refractivity contribution >= 4 is 79.8 Å². The maximum absolute atomic E-state index is 13.0. The van der Waals surface area contributed by atoms with E-state index in [1.165, 1.54) is 24.3 Å². The molecule has 2 N–H and O–H groups in total. The second kappa shape index (κ2) is 8.87. The third-order valence-corrected chi connectivity index (χ3v) is 6.48. The van der Waals surface area contributed by atoms with Gasteiger partial charge in [0.25, 0.3) is 0 Å². The van der Waals surface area contributed by atoms with Crippen LogP contribution in [0.5, 0.6) is 0 Å². The summed E-state index contributed by atoms with van der Waals surface area (Å²) in [5, 5.41) is -0.165. The third kappa shape index (κ3) is 5.55. The average Bonchev–Trinajstić information content (AvgIpc) is 2.51. The van der Waals surface area contributed by atoms with E-state index in [9.17, 15) is 8.42 Å². The number of halogens is 4. The lowest BCUT2D eigenvalue weighted by atomic mass is 10.1. The topological polar surface area (TPSA) is 72.5 Å². The van der Waals surface area contributed by atoms with E-state index in [1.807, 2.05) is 0 Å². The molecular weight excluding hydrogens is 458 g/mol. The molecule has 1 unspecified atom stereocenters. The van der Waals surface area contributed by atoms with Crippen LogP contribution < -0.4 is 5.73 Å². The highest BCUT2D eigenvalue weighted by Gasteiger charge is 2.29. The summed E-state index contributed by atoms with van der Waals surface area (Å²) in [5.41, 5.74) is 6.07. The summed E-state index contributed by atoms with van der Waals surface area (Å²) in [4.78, 5) is 3.77. The molecule has 26 heavy (non-hydrogen) atoms. The van der Waals surface area contributed by atoms with Crippen LogP contribution in [0, 0.1) is 0 Å². The Hall–Kier alpha value is -0.890. The van der Waals surface area contributed by atoms with E-state index in [0.29, 0.717) is 21.2 Å². The lowest BCUT2D eigenvalue weighted by Gasteiger charge is -2.16. The summed E-state index contributed by atoms with van der Waals surface area (Å²) in [6.45, 7) is 0. The lowest BCUT2D eigenvalue weighted by molar-refractivity contribution is 0.592. The number of benzene rings is 2. The Balaban J connectivity index is 2.50. The van der Waals surface area contributed by atoms with E-state index in [1.54, 1.807) is 12.1 Å². The molecule has 2 aromatic carbocycles. The lowest BCUT2D eigenvalue weighted by Crippen LogP contribution is -2.19. The predicted octanol–water partition coefficient (Wildman–Crippen LogP) is 5.27. The molecule has 0 aliphatic heterocycles. The van der Waals surface area contributed by atoms with Crippen LogP contribution in [0.1, 0.15) is 16.4 Å². The molecule has 0 spiro atoms. The maximum atomic E-state index is 13.0. The van der Waals surface area contributed by atoms with Gasteiger partial charge in [0.2, 0.25) is 0 Å². The normalized spacial score (nSPS) is 13.1. The first-order chi connectivity index (χ1) is 12.1. The van der Waals surface area contributed by atoms with Gasteiger partial charge in [0.1, 0.15) is 5.25 Å². The van der Waals surface area contributed by atoms with Crippen LogP contribution in [0.4, 0.5) is 0 Å². The number of thiocarbonyl (C=S) groups is 1. The molecular formula is C16H12Cl4N2O2S2. The molecule has 0 saturated heterocycles. The van der Waals surface area contributed by atoms with Crippen molar-refractivity contribution in [3.8, 4) is 0 Å². The van der Waals surface area contributed by atoms with Crippen LogP contribution in [0.25, 0.3) is 0 Å². The molecule has 0 radical (unpaired) electrons. The first-order valence-electron chi connectivity index (χ1n) is 7.04. The van der Waals surface area contributed by atoms with Crippen molar-refractivity contribution in [1.29, 1.82) is 0 Å². The number of rotatable bonds is 5. The summed E-state index contributed by atoms with van der Waals surface area (Å²) in [5.74, 6) is -0.351. The molecule has 0 aliphatic rings. The van der Waals surface area contributed by atoms with E-state index in [2.05, 4.69) is 4.99 Å². The van der Waals surface area contributed by atoms with Crippen LogP contribution in [-0.2, 0) is 15.6 Å². The Bertz CT molecular complexity index is 978. The van der Waals surface area contributed by atoms with Crippen molar-refractivity contribution in [3.63, 3.8) is 0 Å². The van der Waals surface area contributed by atoms with Crippen molar-refractivity contribution in [3.05, 3.63) is 67.6 Å². The van der Waals surface area contributed by atoms with Gasteiger partial charge in [-0.1, -0.05) is 58.5 Å². The molecule has 0 fully saturated rings. The van der Waals surface area contributed by atoms with E-state index in [4.69, 9.17) is 64.4 Å². The van der Waals surface area contributed by atoms with Crippen LogP contribution in [0.3, 0.4) is 0 Å². The SMILES string of the molecule is NC(=S)N=CC(c1ccc(Cl)cc1Cl)S(=O)(=O)Cc1ccc(Cl)cc1Cl. The van der Waals surface area contributed by atoms with E-state index in [-0.39, 0.29) is 20.9 Å². The number of nitrogens with zero attached hydrogens (tertiary/aromatic N) is 1. The quantitative estimate of drug-likeness (QED) is 0.478. The standard InChI is InChI=1S/C16H12Cl4N2O2S2/c17-10-2-1-9(13(19)5-10)8-26(23,24)15(7-22-16(21)25)12-4-3-11(18)6-14(12)20/h1-7,15H,8H2,(H2,21,25). The number of hydrogen-bond donors (Lipinski definition) is 1. The Morgan fingerprint density at radius 3 is 2.19 bits per heavy atom. The summed E-state index contributed by atoms with van der Waals surface area (Å²) < 4.78 is 26.1. The van der Waals surface area contributed by atoms with Gasteiger partial charge in [-0.3, -0.25) is 0 Å². The Kier molecular flexibility index (Phi) is 7.30. The zero-order valence-electron chi connectivity index (χ0n) is 13.0. The molecule has 4 nitrogen and oxygen atoms in total. The second-order valence-corrected chi connectivity index (χ2v) is 9.47. The van der Waals surface area contributed by atoms with E-state index in [0.717, 1.165) is 6.21 Å². The second-order valence-electron chi connectivity index (χ2n) is 5.25. The number of sulfone groups is 1. The first-order valence-corrected chi connectivity index (χ1v) is 10.7. The fraction of sp³-hybridized carbons (Fsp3) is 0.125. The monoisotopic (exact) mass is 468 g/mol. The summed E-state index contributed by atoms with van der Waals surface area (Å²) in [6, 6.07) is 9.09. The van der Waals surface area contributed by atoms with Crippen molar-refractivity contribution < 1.29 is 8.42 Å². The van der Waals surface area contributed by atoms with E-state index >= 15 is 0 Å². The highest BCUT2D eigenvalue weighted by Crippen LogP contribution is 2.33. The smallest absolute Gasteiger partial charge is 0.189 e. The zero-order valence-corrected chi connectivity index (χ0v) is 17.7. The molecule has 0 heterocycles. The molecule has 1 atom stereocenters. The van der Waals surface area contributed by atoms with Gasteiger partial charge in [-0.25, -0.2) is 13.4 Å². The summed E-state index contributed by atoms with van der Waals surface area (Å²) in [7, 11) is -3.81. The Morgan fingerprint density at radius 1 is 1.08 bits per heavy atom. The minimum absolute atomic E-state index is 0.183. The minimum atomic E-state index is -3.81. The Labute approximate surface area is 176 Å². The van der Waals surface area contributed by atoms with Crippen molar-refractivity contribution in [1.82, 2.24) is 0 Å². The molecule has 10 heteroatoms. The van der Waals surface area contributed by atoms with Gasteiger partial charge >= 0.3 is 0 Å². The van der Waals surface area contributed by atoms with Gasteiger partial charge in [0, 0.05) is 26.3 Å². The van der Waals surface area contributed by atoms with Crippen LogP contribution in [0.2, 0.25) is 20.1 Å². The first kappa shape index (κ1) is 21.4. The molecule has 0 saturated carbocycles. The van der Waals surface area contributed by atoms with Crippen LogP contribution in [-0.4, -0.2) is 19.7 Å². The zero-order chi connectivity index (χ0) is 19.5. The van der Waals surface area contributed by atoms with E-state index < -0.39 is 15.1 Å². The molecule has 2 rings (SSSR count). The predicted molar refractivity (Wildman–Crippen MR) is 114 cm³/mol. The van der Waals surface area contributed by atoms with Gasteiger partial charge in [0.15, 0.2) is 14.9 Å². The largest absolute Gasteiger partial charge is 0.374 e. The highest BCUT2D eigenvalue weighted by atomic mass is 35.5. The molecule has 0 bridgehead atoms. The third-order valence-electron chi connectivity index (χ3n) is 3.36. The minimum Gasteiger partial charge on any atom is -0.374 e. The number of hydrogen-bond acceptors (Lipinski definition) is 3. The Morgan fingerprint density at radius 2 is 1.65 bits per heavy atom. The summed E-state index contributed by atoms with van der Waals surface area (Å²) >= 11 is 28.7. The van der Waals surface area contributed by atoms with Crippen LogP contribution in [0.15, 0.2) is 41.4 Å². The van der Waals surface area contributed by atoms with Gasteiger partial charge in [-0.2, -0.15) is 0 Å². The fourth-order valence-electron chi connectivity index (χ4n) is 2.19. The van der Waals surface area contributed by atoms with Crippen molar-refractivity contribution in [2.45, 2.75) is 11.0 Å². The summed E-state index contributed by atoms with van der Waals surface area (Å²) in [6.07, 6.45) is 1.15. The van der Waals surface area contributed by atoms with Crippen LogP contribution >= 0.6 is 58.6 Å². The molecule has 138 valence electrons. The fourth-order valence-corrected chi connectivity index (χ4v) is 5.09. The average molecular weight is 470 g/mol. The van der Waals surface area contributed by atoms with Gasteiger partial charge in [-0.15, -0.1) is 0 Å². The number of nitrogens with two attached hydrogens (primary N) is 1. The van der Waals surface area contributed by atoms with Gasteiger partial charge < -0.3 is 5.73 Å². The maximum Gasteiger partial charge on any atom is 0.189 e.